The number of likely N-dealkylation sites (tertiary alicyclic amines) is 2. The molecule has 2 amide bonds. The van der Waals surface area contributed by atoms with Crippen LogP contribution in [0.1, 0.15) is 38.2 Å². The second-order valence-electron chi connectivity index (χ2n) is 7.29. The van der Waals surface area contributed by atoms with Crippen LogP contribution < -0.4 is 0 Å². The van der Waals surface area contributed by atoms with Crippen molar-refractivity contribution in [2.75, 3.05) is 26.2 Å². The van der Waals surface area contributed by atoms with Gasteiger partial charge in [-0.1, -0.05) is 17.7 Å². The Hall–Kier alpha value is -1.75. The average molecular weight is 365 g/mol. The molecule has 0 bridgehead atoms. The van der Waals surface area contributed by atoms with E-state index in [4.69, 9.17) is 11.6 Å². The Morgan fingerprint density at radius 3 is 2.84 bits per heavy atom. The van der Waals surface area contributed by atoms with E-state index in [1.165, 1.54) is 6.07 Å². The van der Waals surface area contributed by atoms with Crippen molar-refractivity contribution in [1.82, 2.24) is 9.80 Å². The summed E-state index contributed by atoms with van der Waals surface area (Å²) in [6.45, 7) is 5.00. The predicted octanol–water partition coefficient (Wildman–Crippen LogP) is 2.84. The lowest BCUT2D eigenvalue weighted by Crippen LogP contribution is -2.55. The van der Waals surface area contributed by atoms with Crippen LogP contribution >= 0.6 is 11.6 Å². The molecule has 5 nitrogen and oxygen atoms in total. The SMILES string of the molecule is CCN1C[C@]2(CCCN(C(=O)Cc3ccc(O)c(Cl)c3)C2)CCC1=O. The van der Waals surface area contributed by atoms with Crippen LogP contribution in [-0.4, -0.2) is 52.9 Å². The van der Waals surface area contributed by atoms with Gasteiger partial charge in [0.25, 0.3) is 0 Å². The normalized spacial score (nSPS) is 24.0. The summed E-state index contributed by atoms with van der Waals surface area (Å²) in [6.07, 6.45) is 3.80. The van der Waals surface area contributed by atoms with E-state index in [9.17, 15) is 14.7 Å². The first-order valence-corrected chi connectivity index (χ1v) is 9.33. The van der Waals surface area contributed by atoms with Crippen molar-refractivity contribution in [3.05, 3.63) is 28.8 Å². The molecule has 3 rings (SSSR count). The number of amides is 2. The topological polar surface area (TPSA) is 60.9 Å². The average Bonchev–Trinajstić information content (AvgIpc) is 2.60. The van der Waals surface area contributed by atoms with Crippen LogP contribution in [0.5, 0.6) is 5.75 Å². The largest absolute Gasteiger partial charge is 0.506 e. The standard InChI is InChI=1S/C19H25ClN2O3/c1-2-21-12-19(8-6-17(21)24)7-3-9-22(13-19)18(25)11-14-4-5-16(23)15(20)10-14/h4-5,10,23H,2-3,6-9,11-13H2,1H3/t19-/m0/s1. The number of piperidine rings is 2. The van der Waals surface area contributed by atoms with Gasteiger partial charge in [0.2, 0.25) is 11.8 Å². The molecule has 2 heterocycles. The van der Waals surface area contributed by atoms with Gasteiger partial charge in [0.05, 0.1) is 11.4 Å². The fraction of sp³-hybridized carbons (Fsp3) is 0.579. The van der Waals surface area contributed by atoms with Gasteiger partial charge in [-0.3, -0.25) is 9.59 Å². The summed E-state index contributed by atoms with van der Waals surface area (Å²) in [5.41, 5.74) is 0.853. The highest BCUT2D eigenvalue weighted by molar-refractivity contribution is 6.32. The molecule has 25 heavy (non-hydrogen) atoms. The molecule has 1 N–H and O–H groups in total. The van der Waals surface area contributed by atoms with Crippen molar-refractivity contribution in [3.8, 4) is 5.75 Å². The van der Waals surface area contributed by atoms with Crippen molar-refractivity contribution in [2.45, 2.75) is 39.0 Å². The van der Waals surface area contributed by atoms with E-state index < -0.39 is 0 Å². The van der Waals surface area contributed by atoms with Gasteiger partial charge < -0.3 is 14.9 Å². The summed E-state index contributed by atoms with van der Waals surface area (Å²) < 4.78 is 0. The monoisotopic (exact) mass is 364 g/mol. The van der Waals surface area contributed by atoms with Gasteiger partial charge in [0.15, 0.2) is 0 Å². The first kappa shape index (κ1) is 18.1. The van der Waals surface area contributed by atoms with Crippen LogP contribution in [0, 0.1) is 5.41 Å². The molecule has 0 aromatic heterocycles. The lowest BCUT2D eigenvalue weighted by Gasteiger charge is -2.48. The molecule has 2 aliphatic heterocycles. The van der Waals surface area contributed by atoms with Crippen LogP contribution in [-0.2, 0) is 16.0 Å². The molecule has 136 valence electrons. The highest BCUT2D eigenvalue weighted by atomic mass is 35.5. The molecule has 0 radical (unpaired) electrons. The van der Waals surface area contributed by atoms with E-state index in [1.54, 1.807) is 12.1 Å². The van der Waals surface area contributed by atoms with Crippen LogP contribution in [0.15, 0.2) is 18.2 Å². The van der Waals surface area contributed by atoms with Crippen molar-refractivity contribution in [1.29, 1.82) is 0 Å². The number of rotatable bonds is 3. The van der Waals surface area contributed by atoms with Crippen LogP contribution in [0.4, 0.5) is 0 Å². The fourth-order valence-corrected chi connectivity index (χ4v) is 4.29. The van der Waals surface area contributed by atoms with Crippen LogP contribution in [0.25, 0.3) is 0 Å². The minimum Gasteiger partial charge on any atom is -0.506 e. The van der Waals surface area contributed by atoms with Gasteiger partial charge in [0.1, 0.15) is 5.75 Å². The van der Waals surface area contributed by atoms with Crippen molar-refractivity contribution in [2.24, 2.45) is 5.41 Å². The second-order valence-corrected chi connectivity index (χ2v) is 7.70. The van der Waals surface area contributed by atoms with Gasteiger partial charge in [0, 0.05) is 38.0 Å². The number of aromatic hydroxyl groups is 1. The summed E-state index contributed by atoms with van der Waals surface area (Å²) in [7, 11) is 0. The highest BCUT2D eigenvalue weighted by Gasteiger charge is 2.42. The Labute approximate surface area is 153 Å². The number of halogens is 1. The maximum Gasteiger partial charge on any atom is 0.227 e. The Balaban J connectivity index is 1.67. The molecule has 2 saturated heterocycles. The lowest BCUT2D eigenvalue weighted by molar-refractivity contribution is -0.142. The van der Waals surface area contributed by atoms with Crippen molar-refractivity contribution < 1.29 is 14.7 Å². The summed E-state index contributed by atoms with van der Waals surface area (Å²) >= 11 is 5.93. The quantitative estimate of drug-likeness (QED) is 0.897. The number of phenolic OH excluding ortho intramolecular Hbond substituents is 1. The third-order valence-corrected chi connectivity index (χ3v) is 5.81. The molecule has 1 spiro atoms. The Morgan fingerprint density at radius 1 is 1.32 bits per heavy atom. The molecule has 0 aliphatic carbocycles. The van der Waals surface area contributed by atoms with Gasteiger partial charge in [-0.05, 0) is 43.9 Å². The molecular weight excluding hydrogens is 340 g/mol. The first-order valence-electron chi connectivity index (χ1n) is 8.95. The lowest BCUT2D eigenvalue weighted by atomic mass is 9.73. The van der Waals surface area contributed by atoms with Gasteiger partial charge in [-0.25, -0.2) is 0 Å². The molecule has 0 unspecified atom stereocenters. The van der Waals surface area contributed by atoms with E-state index >= 15 is 0 Å². The molecule has 6 heteroatoms. The zero-order valence-electron chi connectivity index (χ0n) is 14.6. The Bertz CT molecular complexity index is 679. The first-order chi connectivity index (χ1) is 11.9. The third kappa shape index (κ3) is 3.92. The Morgan fingerprint density at radius 2 is 2.12 bits per heavy atom. The number of carbonyl (C=O) groups is 2. The van der Waals surface area contributed by atoms with E-state index in [0.717, 1.165) is 51.0 Å². The Kier molecular flexibility index (Phi) is 5.23. The van der Waals surface area contributed by atoms with Crippen molar-refractivity contribution >= 4 is 23.4 Å². The fourth-order valence-electron chi connectivity index (χ4n) is 4.09. The van der Waals surface area contributed by atoms with E-state index in [1.807, 2.05) is 16.7 Å². The molecule has 1 aromatic rings. The number of hydrogen-bond donors (Lipinski definition) is 1. The number of nitrogens with zero attached hydrogens (tertiary/aromatic N) is 2. The van der Waals surface area contributed by atoms with Crippen LogP contribution in [0.2, 0.25) is 5.02 Å². The minimum absolute atomic E-state index is 0.0290. The molecule has 2 fully saturated rings. The van der Waals surface area contributed by atoms with Gasteiger partial charge >= 0.3 is 0 Å². The number of carbonyl (C=O) groups excluding carboxylic acids is 2. The smallest absolute Gasteiger partial charge is 0.227 e. The molecule has 0 saturated carbocycles. The summed E-state index contributed by atoms with van der Waals surface area (Å²) in [5.74, 6) is 0.345. The predicted molar refractivity (Wildman–Crippen MR) is 96.6 cm³/mol. The van der Waals surface area contributed by atoms with E-state index in [2.05, 4.69) is 0 Å². The maximum absolute atomic E-state index is 12.7. The molecule has 1 aromatic carbocycles. The zero-order chi connectivity index (χ0) is 18.0. The highest BCUT2D eigenvalue weighted by Crippen LogP contribution is 2.39. The van der Waals surface area contributed by atoms with Gasteiger partial charge in [-0.15, -0.1) is 0 Å². The zero-order valence-corrected chi connectivity index (χ0v) is 15.4. The summed E-state index contributed by atoms with van der Waals surface area (Å²) in [4.78, 5) is 28.6. The van der Waals surface area contributed by atoms with E-state index in [0.29, 0.717) is 6.42 Å². The maximum atomic E-state index is 12.7. The second kappa shape index (κ2) is 7.24. The third-order valence-electron chi connectivity index (χ3n) is 5.51. The van der Waals surface area contributed by atoms with Gasteiger partial charge in [-0.2, -0.15) is 0 Å². The van der Waals surface area contributed by atoms with E-state index in [-0.39, 0.29) is 34.4 Å². The number of benzene rings is 1. The molecule has 1 atom stereocenters. The van der Waals surface area contributed by atoms with Crippen molar-refractivity contribution in [3.63, 3.8) is 0 Å². The van der Waals surface area contributed by atoms with Crippen LogP contribution in [0.3, 0.4) is 0 Å². The molecular formula is C19H25ClN2O3. The molecule has 2 aliphatic rings. The summed E-state index contributed by atoms with van der Waals surface area (Å²) in [5, 5.41) is 9.77. The minimum atomic E-state index is 0.0290. The summed E-state index contributed by atoms with van der Waals surface area (Å²) in [6, 6.07) is 4.90. The number of hydrogen-bond acceptors (Lipinski definition) is 3. The number of phenols is 1.